The molecular formula is C23H20N6O5. The lowest BCUT2D eigenvalue weighted by Crippen LogP contribution is -2.52. The highest BCUT2D eigenvalue weighted by molar-refractivity contribution is 6.05. The van der Waals surface area contributed by atoms with Crippen molar-refractivity contribution in [1.82, 2.24) is 30.2 Å². The number of hydrogen-bond acceptors (Lipinski definition) is 8. The summed E-state index contributed by atoms with van der Waals surface area (Å²) in [6.07, 6.45) is 3.71. The molecule has 34 heavy (non-hydrogen) atoms. The maximum Gasteiger partial charge on any atom is 0.357 e. The number of amides is 3. The molecule has 11 heteroatoms. The second kappa shape index (κ2) is 8.18. The first-order valence-corrected chi connectivity index (χ1v) is 10.6. The number of hydrogen-bond donors (Lipinski definition) is 1. The molecule has 2 aliphatic rings. The van der Waals surface area contributed by atoms with E-state index in [9.17, 15) is 19.2 Å². The number of methoxy groups -OCH3 is 1. The fourth-order valence-electron chi connectivity index (χ4n) is 4.22. The number of rotatable bonds is 4. The van der Waals surface area contributed by atoms with Crippen molar-refractivity contribution in [3.8, 4) is 16.9 Å². The predicted molar refractivity (Wildman–Crippen MR) is 117 cm³/mol. The number of ether oxygens (including phenoxy) is 1. The Kier molecular flexibility index (Phi) is 5.16. The minimum atomic E-state index is -0.676. The predicted octanol–water partition coefficient (Wildman–Crippen LogP) is 1.19. The molecule has 1 fully saturated rings. The molecule has 5 rings (SSSR count). The number of aryl methyl sites for hydroxylation is 1. The minimum absolute atomic E-state index is 0.129. The molecule has 1 unspecified atom stereocenters. The number of carbonyl (C=O) groups is 4. The molecule has 11 nitrogen and oxygen atoms in total. The summed E-state index contributed by atoms with van der Waals surface area (Å²) in [5, 5.41) is 10.6. The highest BCUT2D eigenvalue weighted by Gasteiger charge is 2.39. The fourth-order valence-corrected chi connectivity index (χ4v) is 4.22. The molecule has 172 valence electrons. The maximum atomic E-state index is 13.1. The lowest BCUT2D eigenvalue weighted by molar-refractivity contribution is -0.136. The Morgan fingerprint density at radius 2 is 2.00 bits per heavy atom. The molecule has 1 aromatic carbocycles. The number of nitrogens with zero attached hydrogens (tertiary/aromatic N) is 5. The average Bonchev–Trinajstić information content (AvgIpc) is 3.44. The number of piperidine rings is 1. The molecule has 0 spiro atoms. The average molecular weight is 460 g/mol. The molecule has 0 aliphatic carbocycles. The van der Waals surface area contributed by atoms with Crippen LogP contribution in [0.3, 0.4) is 0 Å². The number of aromatic nitrogens is 4. The van der Waals surface area contributed by atoms with Crippen LogP contribution in [0.5, 0.6) is 0 Å². The second-order valence-electron chi connectivity index (χ2n) is 8.19. The van der Waals surface area contributed by atoms with Crippen molar-refractivity contribution in [1.29, 1.82) is 0 Å². The van der Waals surface area contributed by atoms with Gasteiger partial charge in [-0.05, 0) is 42.7 Å². The Morgan fingerprint density at radius 1 is 1.18 bits per heavy atom. The molecule has 4 heterocycles. The van der Waals surface area contributed by atoms with Gasteiger partial charge < -0.3 is 9.64 Å². The highest BCUT2D eigenvalue weighted by atomic mass is 16.5. The van der Waals surface area contributed by atoms with Gasteiger partial charge in [-0.15, -0.1) is 5.10 Å². The van der Waals surface area contributed by atoms with Gasteiger partial charge in [-0.3, -0.25) is 19.7 Å². The molecule has 0 radical (unpaired) electrons. The van der Waals surface area contributed by atoms with E-state index >= 15 is 0 Å². The molecular weight excluding hydrogens is 440 g/mol. The molecule has 1 N–H and O–H groups in total. The monoisotopic (exact) mass is 460 g/mol. The van der Waals surface area contributed by atoms with E-state index < -0.39 is 17.9 Å². The smallest absolute Gasteiger partial charge is 0.357 e. The van der Waals surface area contributed by atoms with Crippen molar-refractivity contribution < 1.29 is 23.9 Å². The van der Waals surface area contributed by atoms with Crippen molar-refractivity contribution in [3.05, 3.63) is 59.0 Å². The Hall–Kier alpha value is -4.41. The summed E-state index contributed by atoms with van der Waals surface area (Å²) >= 11 is 0. The normalized spacial score (nSPS) is 17.5. The van der Waals surface area contributed by atoms with Gasteiger partial charge in [0.15, 0.2) is 5.69 Å². The summed E-state index contributed by atoms with van der Waals surface area (Å²) in [4.78, 5) is 54.6. The number of carbonyl (C=O) groups excluding carboxylic acids is 4. The third-order valence-corrected chi connectivity index (χ3v) is 5.95. The molecule has 2 aromatic heterocycles. The first-order chi connectivity index (χ1) is 16.4. The third-order valence-electron chi connectivity index (χ3n) is 5.95. The zero-order chi connectivity index (χ0) is 24.0. The number of esters is 1. The van der Waals surface area contributed by atoms with E-state index in [0.717, 1.165) is 11.1 Å². The van der Waals surface area contributed by atoms with Crippen LogP contribution in [-0.4, -0.2) is 61.7 Å². The Labute approximate surface area is 193 Å². The second-order valence-corrected chi connectivity index (χ2v) is 8.19. The van der Waals surface area contributed by atoms with Gasteiger partial charge in [0.1, 0.15) is 11.7 Å². The number of pyridine rings is 1. The van der Waals surface area contributed by atoms with Crippen LogP contribution in [0.1, 0.15) is 44.8 Å². The SMILES string of the molecule is COC(=O)c1ncc(C)cc1-c1cn(-c2ccc3c(c2)C(=O)N(C2CCC(=O)NC2=O)C3)nn1. The quantitative estimate of drug-likeness (QED) is 0.453. The van der Waals surface area contributed by atoms with E-state index in [1.54, 1.807) is 30.6 Å². The van der Waals surface area contributed by atoms with E-state index in [1.807, 2.05) is 13.0 Å². The number of imide groups is 1. The molecule has 0 saturated carbocycles. The van der Waals surface area contributed by atoms with Gasteiger partial charge in [0.05, 0.1) is 19.0 Å². The van der Waals surface area contributed by atoms with E-state index in [4.69, 9.17) is 4.74 Å². The number of benzene rings is 1. The van der Waals surface area contributed by atoms with Gasteiger partial charge in [-0.25, -0.2) is 14.5 Å². The minimum Gasteiger partial charge on any atom is -0.464 e. The van der Waals surface area contributed by atoms with Gasteiger partial charge in [0, 0.05) is 30.3 Å². The first-order valence-electron chi connectivity index (χ1n) is 10.6. The van der Waals surface area contributed by atoms with E-state index in [-0.39, 0.29) is 23.9 Å². The van der Waals surface area contributed by atoms with Gasteiger partial charge >= 0.3 is 5.97 Å². The fraction of sp³-hybridized carbons (Fsp3) is 0.261. The topological polar surface area (TPSA) is 136 Å². The van der Waals surface area contributed by atoms with Crippen molar-refractivity contribution in [2.45, 2.75) is 32.4 Å². The van der Waals surface area contributed by atoms with Crippen LogP contribution in [0.2, 0.25) is 0 Å². The summed E-state index contributed by atoms with van der Waals surface area (Å²) in [5.41, 5.74) is 3.73. The van der Waals surface area contributed by atoms with Crippen LogP contribution < -0.4 is 5.32 Å². The lowest BCUT2D eigenvalue weighted by atomic mass is 10.0. The van der Waals surface area contributed by atoms with Crippen molar-refractivity contribution in [2.24, 2.45) is 0 Å². The third kappa shape index (κ3) is 3.60. The molecule has 0 bridgehead atoms. The van der Waals surface area contributed by atoms with Crippen molar-refractivity contribution >= 4 is 23.7 Å². The van der Waals surface area contributed by atoms with Crippen LogP contribution >= 0.6 is 0 Å². The largest absolute Gasteiger partial charge is 0.464 e. The molecule has 3 aromatic rings. The van der Waals surface area contributed by atoms with E-state index in [1.165, 1.54) is 16.7 Å². The summed E-state index contributed by atoms with van der Waals surface area (Å²) in [6, 6.07) is 6.40. The van der Waals surface area contributed by atoms with Gasteiger partial charge in [0.2, 0.25) is 11.8 Å². The highest BCUT2D eigenvalue weighted by Crippen LogP contribution is 2.29. The van der Waals surface area contributed by atoms with Crippen molar-refractivity contribution in [3.63, 3.8) is 0 Å². The summed E-state index contributed by atoms with van der Waals surface area (Å²) < 4.78 is 6.32. The Balaban J connectivity index is 1.44. The number of fused-ring (bicyclic) bond motifs is 1. The molecule has 1 atom stereocenters. The summed E-state index contributed by atoms with van der Waals surface area (Å²) in [6.45, 7) is 2.14. The van der Waals surface area contributed by atoms with Gasteiger partial charge in [-0.1, -0.05) is 11.3 Å². The van der Waals surface area contributed by atoms with E-state index in [2.05, 4.69) is 20.6 Å². The van der Waals surface area contributed by atoms with Crippen LogP contribution in [-0.2, 0) is 20.9 Å². The lowest BCUT2D eigenvalue weighted by Gasteiger charge is -2.29. The van der Waals surface area contributed by atoms with Crippen LogP contribution in [0, 0.1) is 6.92 Å². The summed E-state index contributed by atoms with van der Waals surface area (Å²) in [5.74, 6) is -1.63. The van der Waals surface area contributed by atoms with Crippen LogP contribution in [0.15, 0.2) is 36.7 Å². The maximum absolute atomic E-state index is 13.1. The molecule has 2 aliphatic heterocycles. The number of nitrogens with one attached hydrogen (secondary N) is 1. The molecule has 3 amide bonds. The zero-order valence-electron chi connectivity index (χ0n) is 18.4. The Morgan fingerprint density at radius 3 is 2.76 bits per heavy atom. The summed E-state index contributed by atoms with van der Waals surface area (Å²) in [7, 11) is 1.28. The van der Waals surface area contributed by atoms with Crippen LogP contribution in [0.4, 0.5) is 0 Å². The van der Waals surface area contributed by atoms with E-state index in [0.29, 0.717) is 35.5 Å². The van der Waals surface area contributed by atoms with Gasteiger partial charge in [0.25, 0.3) is 5.91 Å². The zero-order valence-corrected chi connectivity index (χ0v) is 18.4. The van der Waals surface area contributed by atoms with Gasteiger partial charge in [-0.2, -0.15) is 0 Å². The first kappa shape index (κ1) is 21.4. The standard InChI is InChI=1S/C23H20N6O5/c1-12-7-16(20(24-9-12)23(33)34-2)17-11-29(27-26-17)14-4-3-13-10-28(22(32)15(13)8-14)18-5-6-19(30)25-21(18)31/h3-4,7-9,11,18H,5-6,10H2,1-2H3,(H,25,30,31). The van der Waals surface area contributed by atoms with Crippen LogP contribution in [0.25, 0.3) is 16.9 Å². The Bertz CT molecular complexity index is 1360. The molecule has 1 saturated heterocycles. The van der Waals surface area contributed by atoms with Crippen molar-refractivity contribution in [2.75, 3.05) is 7.11 Å².